The maximum absolute atomic E-state index is 13.3. The third-order valence-corrected chi connectivity index (χ3v) is 3.80. The highest BCUT2D eigenvalue weighted by Crippen LogP contribution is 2.26. The van der Waals surface area contributed by atoms with Gasteiger partial charge in [-0.05, 0) is 42.8 Å². The van der Waals surface area contributed by atoms with Gasteiger partial charge in [-0.1, -0.05) is 25.5 Å². The lowest BCUT2D eigenvalue weighted by Crippen LogP contribution is -2.10. The number of aromatic nitrogens is 1. The van der Waals surface area contributed by atoms with Crippen molar-refractivity contribution in [1.82, 2.24) is 4.98 Å². The second-order valence-corrected chi connectivity index (χ2v) is 5.65. The summed E-state index contributed by atoms with van der Waals surface area (Å²) in [5.74, 6) is -0.220. The molecule has 2 aromatic carbocycles. The molecule has 0 atom stereocenters. The highest BCUT2D eigenvalue weighted by Gasteiger charge is 2.07. The zero-order valence-corrected chi connectivity index (χ0v) is 13.0. The van der Waals surface area contributed by atoms with Gasteiger partial charge in [0.1, 0.15) is 5.82 Å². The zero-order valence-electron chi connectivity index (χ0n) is 13.0. The Kier molecular flexibility index (Phi) is 4.42. The summed E-state index contributed by atoms with van der Waals surface area (Å²) < 4.78 is 13.3. The largest absolute Gasteiger partial charge is 0.355 e. The van der Waals surface area contributed by atoms with Crippen LogP contribution < -0.4 is 5.32 Å². The van der Waals surface area contributed by atoms with E-state index in [2.05, 4.69) is 17.2 Å². The molecule has 2 N–H and O–H groups in total. The third kappa shape index (κ3) is 3.59. The van der Waals surface area contributed by atoms with E-state index in [1.807, 2.05) is 30.3 Å². The minimum Gasteiger partial charge on any atom is -0.355 e. The van der Waals surface area contributed by atoms with E-state index in [1.165, 1.54) is 12.1 Å². The van der Waals surface area contributed by atoms with Gasteiger partial charge in [-0.25, -0.2) is 4.39 Å². The molecule has 0 spiro atoms. The average molecular weight is 310 g/mol. The van der Waals surface area contributed by atoms with Gasteiger partial charge in [0.05, 0.1) is 0 Å². The number of anilines is 1. The van der Waals surface area contributed by atoms with Gasteiger partial charge in [-0.15, -0.1) is 0 Å². The maximum Gasteiger partial charge on any atom is 0.224 e. The van der Waals surface area contributed by atoms with Crippen LogP contribution in [0.1, 0.15) is 26.2 Å². The monoisotopic (exact) mass is 310 g/mol. The third-order valence-electron chi connectivity index (χ3n) is 3.80. The molecular weight excluding hydrogens is 291 g/mol. The van der Waals surface area contributed by atoms with Crippen LogP contribution in [0, 0.1) is 5.82 Å². The Labute approximate surface area is 134 Å². The van der Waals surface area contributed by atoms with Crippen LogP contribution in [0.4, 0.5) is 10.1 Å². The van der Waals surface area contributed by atoms with Crippen molar-refractivity contribution in [2.24, 2.45) is 0 Å². The van der Waals surface area contributed by atoms with Crippen LogP contribution in [0.3, 0.4) is 0 Å². The second kappa shape index (κ2) is 6.65. The normalized spacial score (nSPS) is 10.9. The summed E-state index contributed by atoms with van der Waals surface area (Å²) >= 11 is 0. The van der Waals surface area contributed by atoms with E-state index < -0.39 is 0 Å². The summed E-state index contributed by atoms with van der Waals surface area (Å²) in [6.07, 6.45) is 2.42. The molecule has 0 saturated heterocycles. The number of hydrogen-bond acceptors (Lipinski definition) is 1. The molecule has 0 radical (unpaired) electrons. The molecule has 0 bridgehead atoms. The smallest absolute Gasteiger partial charge is 0.224 e. The number of nitrogens with one attached hydrogen (secondary N) is 2. The Balaban J connectivity index is 1.84. The Hall–Kier alpha value is -2.62. The molecule has 3 aromatic rings. The van der Waals surface area contributed by atoms with E-state index in [4.69, 9.17) is 0 Å². The van der Waals surface area contributed by atoms with Crippen molar-refractivity contribution >= 4 is 22.5 Å². The van der Waals surface area contributed by atoms with Gasteiger partial charge in [0.25, 0.3) is 0 Å². The number of halogens is 1. The number of unbranched alkanes of at least 4 members (excludes halogenated alkanes) is 1. The van der Waals surface area contributed by atoms with E-state index >= 15 is 0 Å². The number of carbonyl (C=O) groups excluding carboxylic acids is 1. The number of rotatable bonds is 5. The number of hydrogen-bond donors (Lipinski definition) is 2. The van der Waals surface area contributed by atoms with E-state index in [1.54, 1.807) is 6.07 Å². The summed E-state index contributed by atoms with van der Waals surface area (Å²) in [4.78, 5) is 15.1. The van der Waals surface area contributed by atoms with Crippen LogP contribution >= 0.6 is 0 Å². The Bertz CT molecular complexity index is 838. The number of carbonyl (C=O) groups is 1. The zero-order chi connectivity index (χ0) is 16.2. The Morgan fingerprint density at radius 3 is 2.87 bits per heavy atom. The van der Waals surface area contributed by atoms with Crippen molar-refractivity contribution in [3.63, 3.8) is 0 Å². The van der Waals surface area contributed by atoms with E-state index in [0.717, 1.165) is 40.7 Å². The van der Waals surface area contributed by atoms with Gasteiger partial charge >= 0.3 is 0 Å². The molecule has 1 aromatic heterocycles. The summed E-state index contributed by atoms with van der Waals surface area (Å²) in [5.41, 5.74) is 3.51. The molecule has 3 nitrogen and oxygen atoms in total. The number of benzene rings is 2. The van der Waals surface area contributed by atoms with Crippen molar-refractivity contribution in [2.75, 3.05) is 5.32 Å². The fourth-order valence-corrected chi connectivity index (χ4v) is 2.58. The van der Waals surface area contributed by atoms with Crippen molar-refractivity contribution in [2.45, 2.75) is 26.2 Å². The van der Waals surface area contributed by atoms with E-state index in [9.17, 15) is 9.18 Å². The molecule has 4 heteroatoms. The number of H-pyrrole nitrogens is 1. The van der Waals surface area contributed by atoms with Gasteiger partial charge in [-0.3, -0.25) is 4.79 Å². The fraction of sp³-hybridized carbons (Fsp3) is 0.211. The Morgan fingerprint density at radius 1 is 1.17 bits per heavy atom. The lowest BCUT2D eigenvalue weighted by molar-refractivity contribution is -0.116. The first-order chi connectivity index (χ1) is 11.2. The molecule has 0 fully saturated rings. The van der Waals surface area contributed by atoms with Crippen LogP contribution in [-0.2, 0) is 4.79 Å². The first-order valence-electron chi connectivity index (χ1n) is 7.84. The van der Waals surface area contributed by atoms with Crippen LogP contribution in [0.5, 0.6) is 0 Å². The molecule has 3 rings (SSSR count). The molecule has 1 amide bonds. The van der Waals surface area contributed by atoms with Gasteiger partial charge < -0.3 is 10.3 Å². The number of fused-ring (bicyclic) bond motifs is 1. The lowest BCUT2D eigenvalue weighted by Gasteiger charge is -2.06. The first-order valence-corrected chi connectivity index (χ1v) is 7.84. The predicted octanol–water partition coefficient (Wildman–Crippen LogP) is 5.10. The summed E-state index contributed by atoms with van der Waals surface area (Å²) in [7, 11) is 0. The van der Waals surface area contributed by atoms with Gasteiger partial charge in [-0.2, -0.15) is 0 Å². The molecule has 0 unspecified atom stereocenters. The maximum atomic E-state index is 13.3. The molecule has 0 aliphatic rings. The minimum atomic E-state index is -0.250. The predicted molar refractivity (Wildman–Crippen MR) is 91.8 cm³/mol. The standard InChI is InChI=1S/C19H19FN2O/c1-2-3-7-19(23)21-16-6-4-5-13(11-16)18-12-14-10-15(20)8-9-17(14)22-18/h4-6,8-12,22H,2-3,7H2,1H3,(H,21,23). The summed E-state index contributed by atoms with van der Waals surface area (Å²) in [6, 6.07) is 14.2. The lowest BCUT2D eigenvalue weighted by atomic mass is 10.1. The van der Waals surface area contributed by atoms with Crippen molar-refractivity contribution in [3.8, 4) is 11.3 Å². The van der Waals surface area contributed by atoms with Gasteiger partial charge in [0.15, 0.2) is 0 Å². The molecule has 0 aliphatic carbocycles. The van der Waals surface area contributed by atoms with Crippen molar-refractivity contribution in [3.05, 3.63) is 54.3 Å². The number of amides is 1. The van der Waals surface area contributed by atoms with Crippen LogP contribution in [0.15, 0.2) is 48.5 Å². The van der Waals surface area contributed by atoms with Crippen molar-refractivity contribution in [1.29, 1.82) is 0 Å². The van der Waals surface area contributed by atoms with Gasteiger partial charge in [0.2, 0.25) is 5.91 Å². The topological polar surface area (TPSA) is 44.9 Å². The quantitative estimate of drug-likeness (QED) is 0.676. The first kappa shape index (κ1) is 15.3. The van der Waals surface area contributed by atoms with Gasteiger partial charge in [0, 0.05) is 34.3 Å². The summed E-state index contributed by atoms with van der Waals surface area (Å²) in [6.45, 7) is 2.06. The second-order valence-electron chi connectivity index (χ2n) is 5.65. The van der Waals surface area contributed by atoms with Crippen LogP contribution in [0.2, 0.25) is 0 Å². The van der Waals surface area contributed by atoms with E-state index in [-0.39, 0.29) is 11.7 Å². The highest BCUT2D eigenvalue weighted by molar-refractivity contribution is 5.92. The SMILES string of the molecule is CCCCC(=O)Nc1cccc(-c2cc3cc(F)ccc3[nH]2)c1. The van der Waals surface area contributed by atoms with Crippen LogP contribution in [-0.4, -0.2) is 10.9 Å². The van der Waals surface area contributed by atoms with Crippen LogP contribution in [0.25, 0.3) is 22.2 Å². The molecule has 23 heavy (non-hydrogen) atoms. The molecule has 0 aliphatic heterocycles. The summed E-state index contributed by atoms with van der Waals surface area (Å²) in [5, 5.41) is 3.75. The fourth-order valence-electron chi connectivity index (χ4n) is 2.58. The molecule has 1 heterocycles. The highest BCUT2D eigenvalue weighted by atomic mass is 19.1. The molecular formula is C19H19FN2O. The average Bonchev–Trinajstić information content (AvgIpc) is 2.96. The minimum absolute atomic E-state index is 0.0303. The van der Waals surface area contributed by atoms with Crippen molar-refractivity contribution < 1.29 is 9.18 Å². The number of aromatic amines is 1. The molecule has 118 valence electrons. The molecule has 0 saturated carbocycles. The van der Waals surface area contributed by atoms with E-state index in [0.29, 0.717) is 6.42 Å². The Morgan fingerprint density at radius 2 is 2.04 bits per heavy atom.